The number of hydrogen-bond donors (Lipinski definition) is 3. The first-order valence-corrected chi connectivity index (χ1v) is 17.5. The van der Waals surface area contributed by atoms with Gasteiger partial charge in [-0.05, 0) is 75.9 Å². The average Bonchev–Trinajstić information content (AvgIpc) is 3.74. The van der Waals surface area contributed by atoms with E-state index >= 15 is 0 Å². The Morgan fingerprint density at radius 2 is 1.84 bits per heavy atom. The average molecular weight is 733 g/mol. The molecule has 1 unspecified atom stereocenters. The topological polar surface area (TPSA) is 151 Å². The lowest BCUT2D eigenvalue weighted by molar-refractivity contribution is -0.145. The molecule has 5 aromatic rings. The van der Waals surface area contributed by atoms with Crippen LogP contribution in [-0.2, 0) is 20.9 Å². The molecule has 3 heterocycles. The van der Waals surface area contributed by atoms with Gasteiger partial charge >= 0.3 is 12.1 Å². The number of amides is 2. The fraction of sp³-hybridized carbons (Fsp3) is 0.351. The third-order valence-corrected chi connectivity index (χ3v) is 9.00. The van der Waals surface area contributed by atoms with E-state index in [1.54, 1.807) is 49.9 Å². The van der Waals surface area contributed by atoms with Crippen molar-refractivity contribution in [1.82, 2.24) is 30.2 Å². The Morgan fingerprint density at radius 1 is 1.04 bits per heavy atom. The molecule has 6 rings (SSSR count). The summed E-state index contributed by atoms with van der Waals surface area (Å²) in [5.74, 6) is 0.414. The highest BCUT2D eigenvalue weighted by atomic mass is 35.5. The maximum Gasteiger partial charge on any atom is 0.407 e. The van der Waals surface area contributed by atoms with Gasteiger partial charge in [0.2, 0.25) is 0 Å². The number of aromatic nitrogens is 4. The highest BCUT2D eigenvalue weighted by molar-refractivity contribution is 6.35. The number of nitrogens with one attached hydrogen (secondary N) is 3. The number of alkyl carbamates (subject to hydrolysis) is 1. The van der Waals surface area contributed by atoms with Gasteiger partial charge in [0, 0.05) is 36.0 Å². The van der Waals surface area contributed by atoms with E-state index in [2.05, 4.69) is 25.6 Å². The number of carbonyl (C=O) groups excluding carboxylic acids is 3. The molecule has 14 heteroatoms. The molecule has 12 nitrogen and oxygen atoms in total. The lowest BCUT2D eigenvalue weighted by atomic mass is 10.1. The Labute approximate surface area is 305 Å². The molecule has 1 fully saturated rings. The SMILES string of the molecule is CC(C)(C)OC(=O)NC[C@@H]1CCCN1C(=O)c1cc2ncnc(NC(CCC(=O)OCc3ccccc3)c3nc4ccc(Cl)cc4[nH]3)c2cc1Cl. The molecule has 1 aliphatic heterocycles. The van der Waals surface area contributed by atoms with Crippen LogP contribution < -0.4 is 10.6 Å². The number of likely N-dealkylation sites (tertiary alicyclic amines) is 1. The van der Waals surface area contributed by atoms with Gasteiger partial charge in [-0.3, -0.25) is 9.59 Å². The highest BCUT2D eigenvalue weighted by Gasteiger charge is 2.32. The Kier molecular flexibility index (Phi) is 10.9. The fourth-order valence-corrected chi connectivity index (χ4v) is 6.44. The van der Waals surface area contributed by atoms with Crippen LogP contribution in [0.2, 0.25) is 10.0 Å². The molecular formula is C37H39Cl2N7O5. The summed E-state index contributed by atoms with van der Waals surface area (Å²) in [7, 11) is 0. The van der Waals surface area contributed by atoms with E-state index in [-0.39, 0.29) is 42.5 Å². The van der Waals surface area contributed by atoms with Crippen LogP contribution in [0.4, 0.5) is 10.6 Å². The van der Waals surface area contributed by atoms with Gasteiger partial charge in [-0.25, -0.2) is 19.7 Å². The van der Waals surface area contributed by atoms with Crippen LogP contribution in [0, 0.1) is 0 Å². The zero-order valence-electron chi connectivity index (χ0n) is 28.5. The number of esters is 1. The van der Waals surface area contributed by atoms with Crippen molar-refractivity contribution in [2.24, 2.45) is 0 Å². The van der Waals surface area contributed by atoms with Crippen molar-refractivity contribution in [2.75, 3.05) is 18.4 Å². The van der Waals surface area contributed by atoms with E-state index in [1.165, 1.54) is 6.33 Å². The van der Waals surface area contributed by atoms with Gasteiger partial charge in [-0.15, -0.1) is 0 Å². The highest BCUT2D eigenvalue weighted by Crippen LogP contribution is 2.32. The van der Waals surface area contributed by atoms with Gasteiger partial charge in [-0.1, -0.05) is 53.5 Å². The first kappa shape index (κ1) is 35.9. The van der Waals surface area contributed by atoms with Gasteiger partial charge in [-0.2, -0.15) is 0 Å². The molecule has 0 aliphatic carbocycles. The second-order valence-electron chi connectivity index (χ2n) is 13.4. The summed E-state index contributed by atoms with van der Waals surface area (Å²) in [6.45, 7) is 6.35. The second-order valence-corrected chi connectivity index (χ2v) is 14.3. The first-order chi connectivity index (χ1) is 24.4. The minimum absolute atomic E-state index is 0.102. The Bertz CT molecular complexity index is 2050. The van der Waals surface area contributed by atoms with Crippen LogP contribution in [0.25, 0.3) is 21.9 Å². The van der Waals surface area contributed by atoms with Crippen LogP contribution in [-0.4, -0.2) is 67.5 Å². The Morgan fingerprint density at radius 3 is 2.63 bits per heavy atom. The lowest BCUT2D eigenvalue weighted by Gasteiger charge is -2.26. The molecule has 3 aromatic carbocycles. The van der Waals surface area contributed by atoms with Gasteiger partial charge in [0.1, 0.15) is 30.2 Å². The standard InChI is InChI=1S/C37H39Cl2N7O5/c1-37(2,3)51-36(49)40-19-24-10-7-15-46(24)35(48)25-18-30-26(17-27(25)39)33(42-21-41-30)44-29(34-43-28-12-11-23(38)16-31(28)45-34)13-14-32(47)50-20-22-8-5-4-6-9-22/h4-6,8-9,11-12,16-18,21,24,29H,7,10,13-15,19-20H2,1-3H3,(H,40,49)(H,43,45)(H,41,42,44)/t24-,29?/m0/s1. The van der Waals surface area contributed by atoms with Gasteiger partial charge in [0.15, 0.2) is 0 Å². The summed E-state index contributed by atoms with van der Waals surface area (Å²) in [4.78, 5) is 57.7. The van der Waals surface area contributed by atoms with Gasteiger partial charge in [0.25, 0.3) is 5.91 Å². The first-order valence-electron chi connectivity index (χ1n) is 16.8. The third kappa shape index (κ3) is 9.05. The number of hydrogen-bond acceptors (Lipinski definition) is 9. The number of anilines is 1. The summed E-state index contributed by atoms with van der Waals surface area (Å²) in [5, 5.41) is 7.59. The number of fused-ring (bicyclic) bond motifs is 2. The van der Waals surface area contributed by atoms with E-state index in [4.69, 9.17) is 37.7 Å². The maximum absolute atomic E-state index is 13.8. The molecular weight excluding hydrogens is 693 g/mol. The summed E-state index contributed by atoms with van der Waals surface area (Å²) in [6, 6.07) is 17.5. The second kappa shape index (κ2) is 15.5. The minimum atomic E-state index is -0.627. The van der Waals surface area contributed by atoms with E-state index < -0.39 is 17.7 Å². The number of imidazole rings is 1. The molecule has 3 N–H and O–H groups in total. The Balaban J connectivity index is 1.21. The van der Waals surface area contributed by atoms with Crippen molar-refractivity contribution in [1.29, 1.82) is 0 Å². The van der Waals surface area contributed by atoms with E-state index in [9.17, 15) is 14.4 Å². The molecule has 0 spiro atoms. The number of halogens is 2. The van der Waals surface area contributed by atoms with Gasteiger partial charge in [0.05, 0.1) is 33.2 Å². The van der Waals surface area contributed by atoms with Gasteiger partial charge < -0.3 is 30.0 Å². The molecule has 2 aromatic heterocycles. The van der Waals surface area contributed by atoms with Crippen molar-refractivity contribution < 1.29 is 23.9 Å². The molecule has 51 heavy (non-hydrogen) atoms. The zero-order valence-corrected chi connectivity index (χ0v) is 30.1. The predicted octanol–water partition coefficient (Wildman–Crippen LogP) is 7.62. The van der Waals surface area contributed by atoms with E-state index in [0.29, 0.717) is 51.6 Å². The molecule has 266 valence electrons. The number of benzene rings is 3. The van der Waals surface area contributed by atoms with Crippen LogP contribution >= 0.6 is 23.2 Å². The van der Waals surface area contributed by atoms with Crippen LogP contribution in [0.1, 0.15) is 74.2 Å². The normalized spacial score (nSPS) is 15.2. The largest absolute Gasteiger partial charge is 0.461 e. The fourth-order valence-electron chi connectivity index (χ4n) is 6.02. The Hall–Kier alpha value is -4.94. The summed E-state index contributed by atoms with van der Waals surface area (Å²) in [5.41, 5.74) is 2.53. The molecule has 2 amide bonds. The number of ether oxygens (including phenoxy) is 2. The molecule has 2 atom stereocenters. The molecule has 0 bridgehead atoms. The minimum Gasteiger partial charge on any atom is -0.461 e. The number of nitrogens with zero attached hydrogens (tertiary/aromatic N) is 4. The molecule has 1 saturated heterocycles. The van der Waals surface area contributed by atoms with Crippen molar-refractivity contribution in [3.05, 3.63) is 94.0 Å². The summed E-state index contributed by atoms with van der Waals surface area (Å²) < 4.78 is 10.9. The van der Waals surface area contributed by atoms with Crippen molar-refractivity contribution in [3.8, 4) is 0 Å². The smallest absolute Gasteiger partial charge is 0.407 e. The molecule has 0 radical (unpaired) electrons. The number of carbonyl (C=O) groups is 3. The van der Waals surface area contributed by atoms with Crippen molar-refractivity contribution in [3.63, 3.8) is 0 Å². The third-order valence-electron chi connectivity index (χ3n) is 8.46. The van der Waals surface area contributed by atoms with E-state index in [0.717, 1.165) is 23.9 Å². The molecule has 0 saturated carbocycles. The monoisotopic (exact) mass is 731 g/mol. The zero-order chi connectivity index (χ0) is 36.1. The number of aromatic amines is 1. The summed E-state index contributed by atoms with van der Waals surface area (Å²) in [6.07, 6.45) is 2.83. The van der Waals surface area contributed by atoms with E-state index in [1.807, 2.05) is 36.4 Å². The van der Waals surface area contributed by atoms with Crippen molar-refractivity contribution in [2.45, 2.75) is 70.7 Å². The lowest BCUT2D eigenvalue weighted by Crippen LogP contribution is -2.44. The quantitative estimate of drug-likeness (QED) is 0.117. The van der Waals surface area contributed by atoms with Crippen LogP contribution in [0.3, 0.4) is 0 Å². The number of rotatable bonds is 11. The maximum atomic E-state index is 13.8. The number of H-pyrrole nitrogens is 1. The summed E-state index contributed by atoms with van der Waals surface area (Å²) >= 11 is 13.0. The predicted molar refractivity (Wildman–Crippen MR) is 196 cm³/mol. The van der Waals surface area contributed by atoms with Crippen molar-refractivity contribution >= 4 is 68.9 Å². The van der Waals surface area contributed by atoms with Crippen LogP contribution in [0.15, 0.2) is 67.0 Å². The molecule has 1 aliphatic rings. The van der Waals surface area contributed by atoms with Crippen LogP contribution in [0.5, 0.6) is 0 Å².